The molecular formula is C6H13O4S. The summed E-state index contributed by atoms with van der Waals surface area (Å²) < 4.78 is 28.6. The van der Waals surface area contributed by atoms with Gasteiger partial charge >= 0.3 is 0 Å². The van der Waals surface area contributed by atoms with Crippen molar-refractivity contribution in [3.8, 4) is 0 Å². The molecule has 1 atom stereocenters. The Morgan fingerprint density at radius 1 is 1.27 bits per heavy atom. The average molecular weight is 181 g/mol. The van der Waals surface area contributed by atoms with Crippen molar-refractivity contribution < 1.29 is 18.1 Å². The Morgan fingerprint density at radius 3 is 2.00 bits per heavy atom. The highest BCUT2D eigenvalue weighted by molar-refractivity contribution is 7.86. The van der Waals surface area contributed by atoms with Crippen molar-refractivity contribution in [3.63, 3.8) is 0 Å². The summed E-state index contributed by atoms with van der Waals surface area (Å²) in [6, 6.07) is 0. The van der Waals surface area contributed by atoms with Crippen LogP contribution in [0.15, 0.2) is 0 Å². The molecule has 1 N–H and O–H groups in total. The fourth-order valence-electron chi connectivity index (χ4n) is 0.618. The molecule has 1 radical (unpaired) electrons. The molecule has 0 aromatic rings. The lowest BCUT2D eigenvalue weighted by molar-refractivity contribution is 0.132. The summed E-state index contributed by atoms with van der Waals surface area (Å²) in [4.78, 5) is 0. The van der Waals surface area contributed by atoms with Crippen molar-refractivity contribution in [1.82, 2.24) is 0 Å². The van der Waals surface area contributed by atoms with E-state index in [-0.39, 0.29) is 12.3 Å². The maximum absolute atomic E-state index is 10.6. The van der Waals surface area contributed by atoms with Gasteiger partial charge in [0.25, 0.3) is 10.1 Å². The van der Waals surface area contributed by atoms with Crippen molar-refractivity contribution in [3.05, 3.63) is 0 Å². The van der Waals surface area contributed by atoms with Gasteiger partial charge in [0.05, 0.1) is 0 Å². The number of hydrogen-bond acceptors (Lipinski definition) is 2. The van der Waals surface area contributed by atoms with Crippen LogP contribution >= 0.6 is 0 Å². The van der Waals surface area contributed by atoms with Crippen LogP contribution in [0.5, 0.6) is 0 Å². The zero-order valence-electron chi connectivity index (χ0n) is 6.65. The highest BCUT2D eigenvalue weighted by atomic mass is 32.2. The molecule has 0 rings (SSSR count). The lowest BCUT2D eigenvalue weighted by Crippen LogP contribution is -2.18. The van der Waals surface area contributed by atoms with Crippen LogP contribution in [0.25, 0.3) is 0 Å². The molecule has 0 saturated heterocycles. The third kappa shape index (κ3) is 5.17. The summed E-state index contributed by atoms with van der Waals surface area (Å²) in [6.45, 7) is 3.77. The van der Waals surface area contributed by atoms with E-state index in [2.05, 4.69) is 0 Å². The number of hydrogen-bond donors (Lipinski definition) is 1. The molecule has 0 spiro atoms. The van der Waals surface area contributed by atoms with E-state index in [1.54, 1.807) is 0 Å². The SMILES string of the molecule is CC(C)CCC([O])S(=O)(=O)O. The van der Waals surface area contributed by atoms with Crippen LogP contribution in [0.4, 0.5) is 0 Å². The first kappa shape index (κ1) is 10.9. The second-order valence-electron chi connectivity index (χ2n) is 2.92. The van der Waals surface area contributed by atoms with E-state index in [4.69, 9.17) is 4.55 Å². The normalized spacial score (nSPS) is 15.4. The van der Waals surface area contributed by atoms with Gasteiger partial charge in [-0.05, 0) is 18.8 Å². The van der Waals surface area contributed by atoms with Crippen LogP contribution in [0.3, 0.4) is 0 Å². The van der Waals surface area contributed by atoms with E-state index in [0.29, 0.717) is 6.42 Å². The maximum Gasteiger partial charge on any atom is 0.295 e. The molecule has 0 saturated carbocycles. The Labute approximate surface area is 67.0 Å². The molecule has 0 aromatic carbocycles. The van der Waals surface area contributed by atoms with Crippen LogP contribution in [0, 0.1) is 5.92 Å². The molecule has 0 aromatic heterocycles. The van der Waals surface area contributed by atoms with E-state index < -0.39 is 15.6 Å². The summed E-state index contributed by atoms with van der Waals surface area (Å²) >= 11 is 0. The predicted molar refractivity (Wildman–Crippen MR) is 40.1 cm³/mol. The topological polar surface area (TPSA) is 74.3 Å². The zero-order valence-corrected chi connectivity index (χ0v) is 7.47. The standard InChI is InChI=1S/C6H13O4S/c1-5(2)3-4-6(7)11(8,9)10/h5-6H,3-4H2,1-2H3,(H,8,9,10). The van der Waals surface area contributed by atoms with Gasteiger partial charge in [-0.1, -0.05) is 13.8 Å². The molecular weight excluding hydrogens is 168 g/mol. The molecule has 0 aliphatic heterocycles. The molecule has 1 unspecified atom stereocenters. The molecule has 5 heteroatoms. The molecule has 0 amide bonds. The van der Waals surface area contributed by atoms with Gasteiger partial charge in [0.2, 0.25) is 5.44 Å². The molecule has 0 aliphatic carbocycles. The smallest absolute Gasteiger partial charge is 0.283 e. The van der Waals surface area contributed by atoms with Crippen molar-refractivity contribution in [2.45, 2.75) is 32.1 Å². The van der Waals surface area contributed by atoms with Crippen molar-refractivity contribution in [2.24, 2.45) is 5.92 Å². The summed E-state index contributed by atoms with van der Waals surface area (Å²) in [5, 5.41) is 10.6. The van der Waals surface area contributed by atoms with Gasteiger partial charge in [0.15, 0.2) is 0 Å². The van der Waals surface area contributed by atoms with E-state index in [1.807, 2.05) is 13.8 Å². The molecule has 0 bridgehead atoms. The van der Waals surface area contributed by atoms with Gasteiger partial charge in [-0.25, -0.2) is 5.11 Å². The molecule has 11 heavy (non-hydrogen) atoms. The van der Waals surface area contributed by atoms with Crippen molar-refractivity contribution in [2.75, 3.05) is 0 Å². The van der Waals surface area contributed by atoms with E-state index in [0.717, 1.165) is 0 Å². The number of rotatable bonds is 4. The van der Waals surface area contributed by atoms with Gasteiger partial charge < -0.3 is 0 Å². The van der Waals surface area contributed by atoms with E-state index >= 15 is 0 Å². The fraction of sp³-hybridized carbons (Fsp3) is 1.00. The van der Waals surface area contributed by atoms with Crippen LogP contribution in [-0.4, -0.2) is 18.4 Å². The molecule has 0 fully saturated rings. The lowest BCUT2D eigenvalue weighted by atomic mass is 10.1. The maximum atomic E-state index is 10.6. The first-order chi connectivity index (χ1) is 4.84. The Balaban J connectivity index is 3.81. The minimum Gasteiger partial charge on any atom is -0.283 e. The van der Waals surface area contributed by atoms with E-state index in [1.165, 1.54) is 0 Å². The van der Waals surface area contributed by atoms with Crippen molar-refractivity contribution >= 4 is 10.1 Å². The summed E-state index contributed by atoms with van der Waals surface area (Å²) in [7, 11) is -4.35. The molecule has 4 nitrogen and oxygen atoms in total. The molecule has 0 heterocycles. The average Bonchev–Trinajstić information content (AvgIpc) is 1.80. The third-order valence-corrected chi connectivity index (χ3v) is 2.21. The van der Waals surface area contributed by atoms with Gasteiger partial charge in [0.1, 0.15) is 0 Å². The monoisotopic (exact) mass is 181 g/mol. The largest absolute Gasteiger partial charge is 0.295 e. The van der Waals surface area contributed by atoms with Crippen LogP contribution in [0.2, 0.25) is 0 Å². The summed E-state index contributed by atoms with van der Waals surface area (Å²) in [5.74, 6) is 0.285. The minimum atomic E-state index is -4.35. The van der Waals surface area contributed by atoms with Crippen LogP contribution in [-0.2, 0) is 15.2 Å². The quantitative estimate of drug-likeness (QED) is 0.659. The Hall–Kier alpha value is -0.130. The molecule has 67 valence electrons. The van der Waals surface area contributed by atoms with Gasteiger partial charge in [-0.2, -0.15) is 8.42 Å². The summed E-state index contributed by atoms with van der Waals surface area (Å²) in [6.07, 6.45) is 0.504. The van der Waals surface area contributed by atoms with Crippen molar-refractivity contribution in [1.29, 1.82) is 0 Å². The third-order valence-electron chi connectivity index (χ3n) is 1.31. The van der Waals surface area contributed by atoms with E-state index in [9.17, 15) is 13.5 Å². The Morgan fingerprint density at radius 2 is 1.73 bits per heavy atom. The Bertz CT molecular complexity index is 195. The summed E-state index contributed by atoms with van der Waals surface area (Å²) in [5.41, 5.74) is -1.87. The Kier molecular flexibility index (Phi) is 3.99. The second-order valence-corrected chi connectivity index (χ2v) is 4.47. The lowest BCUT2D eigenvalue weighted by Gasteiger charge is -2.06. The molecule has 0 aliphatic rings. The highest BCUT2D eigenvalue weighted by Crippen LogP contribution is 2.10. The van der Waals surface area contributed by atoms with Gasteiger partial charge in [-0.3, -0.25) is 4.55 Å². The van der Waals surface area contributed by atoms with Crippen LogP contribution in [0.1, 0.15) is 26.7 Å². The second kappa shape index (κ2) is 4.04. The zero-order chi connectivity index (χ0) is 9.07. The fourth-order valence-corrected chi connectivity index (χ4v) is 1.05. The minimum absolute atomic E-state index is 0.0174. The first-order valence-electron chi connectivity index (χ1n) is 3.46. The van der Waals surface area contributed by atoms with Crippen LogP contribution < -0.4 is 0 Å². The highest BCUT2D eigenvalue weighted by Gasteiger charge is 2.21. The van der Waals surface area contributed by atoms with Gasteiger partial charge in [-0.15, -0.1) is 0 Å². The van der Waals surface area contributed by atoms with Gasteiger partial charge in [0, 0.05) is 0 Å². The first-order valence-corrected chi connectivity index (χ1v) is 4.96. The predicted octanol–water partition coefficient (Wildman–Crippen LogP) is 1.07.